The van der Waals surface area contributed by atoms with Gasteiger partial charge in [-0.1, -0.05) is 32.9 Å². The van der Waals surface area contributed by atoms with E-state index in [1.807, 2.05) is 12.1 Å². The number of amides is 1. The molecule has 0 bridgehead atoms. The Balaban J connectivity index is 1.47. The van der Waals surface area contributed by atoms with Gasteiger partial charge < -0.3 is 20.1 Å². The quantitative estimate of drug-likeness (QED) is 0.271. The minimum atomic E-state index is -0.341. The van der Waals surface area contributed by atoms with Gasteiger partial charge in [0.2, 0.25) is 5.91 Å². The van der Waals surface area contributed by atoms with E-state index in [4.69, 9.17) is 21.7 Å². The van der Waals surface area contributed by atoms with E-state index in [9.17, 15) is 9.59 Å². The molecule has 1 aliphatic carbocycles. The fraction of sp³-hybridized carbons (Fsp3) is 0.500. The molecule has 1 heterocycles. The predicted octanol–water partition coefficient (Wildman–Crippen LogP) is 5.77. The minimum Gasteiger partial charge on any atom is -0.494 e. The minimum absolute atomic E-state index is 0.0998. The lowest BCUT2D eigenvalue weighted by molar-refractivity contribution is -0.119. The Morgan fingerprint density at radius 1 is 1.12 bits per heavy atom. The monoisotopic (exact) mass is 502 g/mol. The third-order valence-electron chi connectivity index (χ3n) is 5.67. The molecule has 0 saturated carbocycles. The van der Waals surface area contributed by atoms with Gasteiger partial charge in [-0.2, -0.15) is 0 Å². The average Bonchev–Trinajstić information content (AvgIpc) is 3.14. The molecule has 2 aromatic rings. The van der Waals surface area contributed by atoms with Crippen LogP contribution in [0.3, 0.4) is 0 Å². The molecule has 1 aliphatic rings. The van der Waals surface area contributed by atoms with Crippen molar-refractivity contribution in [3.05, 3.63) is 45.8 Å². The zero-order valence-corrected chi connectivity index (χ0v) is 22.0. The van der Waals surface area contributed by atoms with Crippen LogP contribution in [-0.2, 0) is 27.8 Å². The van der Waals surface area contributed by atoms with E-state index >= 15 is 0 Å². The summed E-state index contributed by atoms with van der Waals surface area (Å²) in [6, 6.07) is 8.06. The molecule has 3 rings (SSSR count). The lowest BCUT2D eigenvalue weighted by Crippen LogP contribution is -2.34. The molecule has 0 fully saturated rings. The molecule has 1 amide bonds. The summed E-state index contributed by atoms with van der Waals surface area (Å²) < 4.78 is 11.0. The first kappa shape index (κ1) is 26.2. The van der Waals surface area contributed by atoms with E-state index in [0.29, 0.717) is 30.2 Å². The molecule has 0 radical (unpaired) electrons. The Morgan fingerprint density at radius 2 is 1.82 bits per heavy atom. The Bertz CT molecular complexity index is 1020. The van der Waals surface area contributed by atoms with Gasteiger partial charge in [-0.05, 0) is 79.9 Å². The summed E-state index contributed by atoms with van der Waals surface area (Å²) in [4.78, 5) is 26.1. The third kappa shape index (κ3) is 7.03. The van der Waals surface area contributed by atoms with Crippen molar-refractivity contribution >= 4 is 45.5 Å². The number of benzene rings is 1. The van der Waals surface area contributed by atoms with Crippen LogP contribution in [0.2, 0.25) is 0 Å². The zero-order chi connectivity index (χ0) is 24.7. The summed E-state index contributed by atoms with van der Waals surface area (Å²) in [5, 5.41) is 6.61. The number of fused-ring (bicyclic) bond motifs is 1. The van der Waals surface area contributed by atoms with Gasteiger partial charge in [-0.25, -0.2) is 4.79 Å². The smallest absolute Gasteiger partial charge is 0.341 e. The number of thiocarbonyl (C=S) groups is 1. The summed E-state index contributed by atoms with van der Waals surface area (Å²) >= 11 is 6.86. The molecule has 1 aromatic heterocycles. The van der Waals surface area contributed by atoms with Crippen molar-refractivity contribution in [3.63, 3.8) is 0 Å². The van der Waals surface area contributed by atoms with Crippen LogP contribution in [0.5, 0.6) is 5.75 Å². The normalized spacial score (nSPS) is 13.1. The molecule has 184 valence electrons. The van der Waals surface area contributed by atoms with Crippen LogP contribution in [0.25, 0.3) is 0 Å². The van der Waals surface area contributed by atoms with Crippen LogP contribution in [-0.4, -0.2) is 30.2 Å². The van der Waals surface area contributed by atoms with Gasteiger partial charge in [-0.15, -0.1) is 11.3 Å². The standard InChI is InChI=1S/C26H34N2O4S2/c1-5-31-24(30)22-19-9-6-7-10-20(19)34-23(22)28-25(33)27-21(29)11-8-16-32-18-14-12-17(13-15-18)26(2,3)4/h12-15H,5-11,16H2,1-4H3,(H2,27,28,29,33). The fourth-order valence-corrected chi connectivity index (χ4v) is 5.43. The molecular weight excluding hydrogens is 468 g/mol. The number of esters is 1. The van der Waals surface area contributed by atoms with Crippen LogP contribution in [0.4, 0.5) is 5.00 Å². The molecule has 0 spiro atoms. The van der Waals surface area contributed by atoms with Gasteiger partial charge in [0.25, 0.3) is 0 Å². The largest absolute Gasteiger partial charge is 0.494 e. The predicted molar refractivity (Wildman–Crippen MR) is 141 cm³/mol. The van der Waals surface area contributed by atoms with E-state index in [1.165, 1.54) is 21.8 Å². The van der Waals surface area contributed by atoms with E-state index in [1.54, 1.807) is 6.92 Å². The average molecular weight is 503 g/mol. The highest BCUT2D eigenvalue weighted by atomic mass is 32.1. The second kappa shape index (κ2) is 11.8. The van der Waals surface area contributed by atoms with Gasteiger partial charge in [-0.3, -0.25) is 4.79 Å². The van der Waals surface area contributed by atoms with E-state index in [2.05, 4.69) is 43.5 Å². The van der Waals surface area contributed by atoms with Crippen LogP contribution < -0.4 is 15.4 Å². The third-order valence-corrected chi connectivity index (χ3v) is 7.08. The van der Waals surface area contributed by atoms with Crippen molar-refractivity contribution < 1.29 is 19.1 Å². The second-order valence-corrected chi connectivity index (χ2v) is 10.9. The molecule has 1 aromatic carbocycles. The first-order chi connectivity index (χ1) is 16.2. The molecule has 6 nitrogen and oxygen atoms in total. The molecule has 0 saturated heterocycles. The molecule has 0 unspecified atom stereocenters. The molecular formula is C26H34N2O4S2. The van der Waals surface area contributed by atoms with Crippen molar-refractivity contribution in [2.75, 3.05) is 18.5 Å². The van der Waals surface area contributed by atoms with Gasteiger partial charge >= 0.3 is 5.97 Å². The Kier molecular flexibility index (Phi) is 9.08. The number of hydrogen-bond acceptors (Lipinski definition) is 6. The molecule has 0 aliphatic heterocycles. The van der Waals surface area contributed by atoms with Crippen molar-refractivity contribution in [2.24, 2.45) is 0 Å². The van der Waals surface area contributed by atoms with Crippen LogP contribution in [0.1, 0.15) is 79.7 Å². The van der Waals surface area contributed by atoms with E-state index < -0.39 is 0 Å². The number of carbonyl (C=O) groups is 2. The second-order valence-electron chi connectivity index (χ2n) is 9.36. The number of aryl methyl sites for hydroxylation is 1. The maximum atomic E-state index is 12.6. The van der Waals surface area contributed by atoms with Gasteiger partial charge in [0.1, 0.15) is 10.8 Å². The summed E-state index contributed by atoms with van der Waals surface area (Å²) in [6.07, 6.45) is 4.83. The van der Waals surface area contributed by atoms with Crippen LogP contribution in [0.15, 0.2) is 24.3 Å². The highest BCUT2D eigenvalue weighted by Gasteiger charge is 2.27. The molecule has 8 heteroatoms. The first-order valence-electron chi connectivity index (χ1n) is 11.8. The molecule has 34 heavy (non-hydrogen) atoms. The number of rotatable bonds is 8. The fourth-order valence-electron chi connectivity index (χ4n) is 3.87. The summed E-state index contributed by atoms with van der Waals surface area (Å²) in [5.41, 5.74) is 2.96. The number of anilines is 1. The highest BCUT2D eigenvalue weighted by Crippen LogP contribution is 2.38. The van der Waals surface area contributed by atoms with Crippen LogP contribution >= 0.6 is 23.6 Å². The van der Waals surface area contributed by atoms with Crippen molar-refractivity contribution in [2.45, 2.75) is 71.6 Å². The number of hydrogen-bond donors (Lipinski definition) is 2. The summed E-state index contributed by atoms with van der Waals surface area (Å²) in [6.45, 7) is 9.06. The molecule has 2 N–H and O–H groups in total. The Morgan fingerprint density at radius 3 is 2.50 bits per heavy atom. The maximum absolute atomic E-state index is 12.6. The van der Waals surface area contributed by atoms with Crippen molar-refractivity contribution in [1.29, 1.82) is 0 Å². The van der Waals surface area contributed by atoms with Gasteiger partial charge in [0, 0.05) is 11.3 Å². The first-order valence-corrected chi connectivity index (χ1v) is 13.1. The zero-order valence-electron chi connectivity index (χ0n) is 20.4. The lowest BCUT2D eigenvalue weighted by Gasteiger charge is -2.19. The van der Waals surface area contributed by atoms with E-state index in [0.717, 1.165) is 37.0 Å². The lowest BCUT2D eigenvalue weighted by atomic mass is 9.87. The Hall–Kier alpha value is -2.45. The SMILES string of the molecule is CCOC(=O)c1c(NC(=S)NC(=O)CCCOc2ccc(C(C)(C)C)cc2)sc2c1CCCC2. The van der Waals surface area contributed by atoms with Gasteiger partial charge in [0.05, 0.1) is 18.8 Å². The summed E-state index contributed by atoms with van der Waals surface area (Å²) in [5.74, 6) is 0.258. The van der Waals surface area contributed by atoms with E-state index in [-0.39, 0.29) is 28.8 Å². The number of thiophene rings is 1. The van der Waals surface area contributed by atoms with Crippen molar-refractivity contribution in [3.8, 4) is 5.75 Å². The summed E-state index contributed by atoms with van der Waals surface area (Å²) in [7, 11) is 0. The van der Waals surface area contributed by atoms with Gasteiger partial charge in [0.15, 0.2) is 5.11 Å². The van der Waals surface area contributed by atoms with Crippen molar-refractivity contribution in [1.82, 2.24) is 5.32 Å². The number of ether oxygens (including phenoxy) is 2. The molecule has 0 atom stereocenters. The highest BCUT2D eigenvalue weighted by molar-refractivity contribution is 7.80. The van der Waals surface area contributed by atoms with Crippen LogP contribution in [0, 0.1) is 0 Å². The topological polar surface area (TPSA) is 76.7 Å². The number of nitrogens with one attached hydrogen (secondary N) is 2. The Labute approximate surface area is 211 Å². The maximum Gasteiger partial charge on any atom is 0.341 e. The number of carbonyl (C=O) groups excluding carboxylic acids is 2.